The highest BCUT2D eigenvalue weighted by Gasteiger charge is 2.35. The van der Waals surface area contributed by atoms with Gasteiger partial charge in [-0.05, 0) is 26.1 Å². The first-order valence-electron chi connectivity index (χ1n) is 7.34. The van der Waals surface area contributed by atoms with Gasteiger partial charge < -0.3 is 25.5 Å². The highest BCUT2D eigenvalue weighted by atomic mass is 19.1. The molecular formula is C16H22FN3O3. The minimum absolute atomic E-state index is 0.00842. The predicted octanol–water partition coefficient (Wildman–Crippen LogP) is 0.622. The lowest BCUT2D eigenvalue weighted by molar-refractivity contribution is -0.112. The number of nitrogens with two attached hydrogens (primary N) is 1. The van der Waals surface area contributed by atoms with Gasteiger partial charge >= 0.3 is 0 Å². The van der Waals surface area contributed by atoms with E-state index in [2.05, 4.69) is 5.32 Å². The molecule has 0 bridgehead atoms. The van der Waals surface area contributed by atoms with Crippen molar-refractivity contribution in [2.75, 3.05) is 14.1 Å². The van der Waals surface area contributed by atoms with E-state index >= 15 is 0 Å². The van der Waals surface area contributed by atoms with Crippen LogP contribution in [0.1, 0.15) is 34.3 Å². The summed E-state index contributed by atoms with van der Waals surface area (Å²) in [6, 6.07) is 2.49. The Morgan fingerprint density at radius 1 is 1.39 bits per heavy atom. The summed E-state index contributed by atoms with van der Waals surface area (Å²) in [6.07, 6.45) is 1.74. The molecule has 7 heteroatoms. The third-order valence-electron chi connectivity index (χ3n) is 3.48. The molecule has 1 aliphatic rings. The van der Waals surface area contributed by atoms with Crippen molar-refractivity contribution in [3.63, 3.8) is 0 Å². The summed E-state index contributed by atoms with van der Waals surface area (Å²) < 4.78 is 14.1. The van der Waals surface area contributed by atoms with Gasteiger partial charge in [-0.25, -0.2) is 4.39 Å². The van der Waals surface area contributed by atoms with E-state index in [1.54, 1.807) is 12.1 Å². The lowest BCUT2D eigenvalue weighted by atomic mass is 10.1. The number of carbonyl (C=O) groups excluding carboxylic acids is 3. The highest BCUT2D eigenvalue weighted by molar-refractivity contribution is 6.00. The van der Waals surface area contributed by atoms with E-state index in [0.717, 1.165) is 0 Å². The molecule has 1 heterocycles. The number of hydrogen-bond donors (Lipinski definition) is 2. The number of aldehydes is 2. The van der Waals surface area contributed by atoms with Gasteiger partial charge in [-0.15, -0.1) is 0 Å². The van der Waals surface area contributed by atoms with Crippen LogP contribution in [0.2, 0.25) is 0 Å². The molecule has 1 unspecified atom stereocenters. The first kappa shape index (κ1) is 18.9. The van der Waals surface area contributed by atoms with Gasteiger partial charge in [0, 0.05) is 25.1 Å². The zero-order valence-corrected chi connectivity index (χ0v) is 13.3. The van der Waals surface area contributed by atoms with Crippen LogP contribution in [0.3, 0.4) is 0 Å². The highest BCUT2D eigenvalue weighted by Crippen LogP contribution is 2.29. The summed E-state index contributed by atoms with van der Waals surface area (Å²) >= 11 is 0. The van der Waals surface area contributed by atoms with Gasteiger partial charge in [0.2, 0.25) is 0 Å². The van der Waals surface area contributed by atoms with E-state index in [4.69, 9.17) is 5.73 Å². The lowest BCUT2D eigenvalue weighted by Gasteiger charge is -2.22. The van der Waals surface area contributed by atoms with E-state index in [-0.39, 0.29) is 37.1 Å². The number of rotatable bonds is 6. The Labute approximate surface area is 134 Å². The number of hydrogen-bond acceptors (Lipinski definition) is 5. The van der Waals surface area contributed by atoms with Gasteiger partial charge in [0.05, 0.1) is 11.6 Å². The Morgan fingerprint density at radius 2 is 2.04 bits per heavy atom. The fourth-order valence-corrected chi connectivity index (χ4v) is 2.38. The summed E-state index contributed by atoms with van der Waals surface area (Å²) in [5.41, 5.74) is 6.22. The van der Waals surface area contributed by atoms with Gasteiger partial charge in [0.25, 0.3) is 5.91 Å². The van der Waals surface area contributed by atoms with Gasteiger partial charge in [0.1, 0.15) is 18.4 Å². The second-order valence-corrected chi connectivity index (χ2v) is 5.16. The number of nitrogens with zero attached hydrogens (tertiary/aromatic N) is 1. The molecule has 1 aromatic carbocycles. The SMILES string of the molecule is CNC.NCc1ccc2c(c1F)C(=O)N(C(C=O)CCC=O)C2. The largest absolute Gasteiger partial charge is 0.326 e. The molecule has 2 rings (SSSR count). The zero-order valence-electron chi connectivity index (χ0n) is 13.3. The molecule has 1 aliphatic heterocycles. The number of benzene rings is 1. The topological polar surface area (TPSA) is 92.5 Å². The molecule has 0 aromatic heterocycles. The molecule has 1 amide bonds. The Kier molecular flexibility index (Phi) is 7.50. The fraction of sp³-hybridized carbons (Fsp3) is 0.438. The van der Waals surface area contributed by atoms with Crippen LogP contribution in [0.4, 0.5) is 4.39 Å². The molecule has 1 aromatic rings. The van der Waals surface area contributed by atoms with Crippen molar-refractivity contribution < 1.29 is 18.8 Å². The summed E-state index contributed by atoms with van der Waals surface area (Å²) in [6.45, 7) is 0.187. The summed E-state index contributed by atoms with van der Waals surface area (Å²) in [5.74, 6) is -1.13. The van der Waals surface area contributed by atoms with Crippen LogP contribution < -0.4 is 11.1 Å². The van der Waals surface area contributed by atoms with E-state index in [9.17, 15) is 18.8 Å². The molecule has 0 saturated carbocycles. The average Bonchev–Trinajstić information content (AvgIpc) is 2.87. The summed E-state index contributed by atoms with van der Waals surface area (Å²) in [7, 11) is 3.75. The number of fused-ring (bicyclic) bond motifs is 1. The second kappa shape index (κ2) is 9.12. The molecule has 126 valence electrons. The van der Waals surface area contributed by atoms with Gasteiger partial charge in [-0.3, -0.25) is 4.79 Å². The summed E-state index contributed by atoms with van der Waals surface area (Å²) in [4.78, 5) is 35.0. The molecule has 0 fully saturated rings. The standard InChI is InChI=1S/C14H15FN2O3.C2H7N/c15-13-9(6-16)3-4-10-7-17(14(20)12(10)13)11(8-19)2-1-5-18;1-3-2/h3-5,8,11H,1-2,6-7,16H2;3H,1-2H3. The van der Waals surface area contributed by atoms with E-state index in [1.807, 2.05) is 14.1 Å². The smallest absolute Gasteiger partial charge is 0.258 e. The van der Waals surface area contributed by atoms with Gasteiger partial charge in [-0.1, -0.05) is 12.1 Å². The number of amides is 1. The monoisotopic (exact) mass is 323 g/mol. The van der Waals surface area contributed by atoms with Crippen molar-refractivity contribution in [3.05, 3.63) is 34.6 Å². The molecule has 1 atom stereocenters. The third kappa shape index (κ3) is 4.20. The van der Waals surface area contributed by atoms with E-state index in [0.29, 0.717) is 18.1 Å². The van der Waals surface area contributed by atoms with Crippen LogP contribution in [-0.4, -0.2) is 43.5 Å². The average molecular weight is 323 g/mol. The van der Waals surface area contributed by atoms with Crippen molar-refractivity contribution in [3.8, 4) is 0 Å². The first-order valence-corrected chi connectivity index (χ1v) is 7.34. The molecular weight excluding hydrogens is 301 g/mol. The molecule has 0 aliphatic carbocycles. The van der Waals surface area contributed by atoms with Crippen molar-refractivity contribution in [2.24, 2.45) is 5.73 Å². The van der Waals surface area contributed by atoms with Crippen LogP contribution in [0.5, 0.6) is 0 Å². The van der Waals surface area contributed by atoms with Crippen molar-refractivity contribution in [2.45, 2.75) is 32.0 Å². The second-order valence-electron chi connectivity index (χ2n) is 5.16. The van der Waals surface area contributed by atoms with Gasteiger partial charge in [-0.2, -0.15) is 0 Å². The third-order valence-corrected chi connectivity index (χ3v) is 3.48. The fourth-order valence-electron chi connectivity index (χ4n) is 2.38. The minimum atomic E-state index is -0.708. The van der Waals surface area contributed by atoms with Crippen LogP contribution in [0.15, 0.2) is 12.1 Å². The van der Waals surface area contributed by atoms with Crippen LogP contribution in [0.25, 0.3) is 0 Å². The first-order chi connectivity index (χ1) is 11.0. The van der Waals surface area contributed by atoms with Crippen LogP contribution >= 0.6 is 0 Å². The Hall–Kier alpha value is -2.12. The lowest BCUT2D eigenvalue weighted by Crippen LogP contribution is -2.37. The molecule has 3 N–H and O–H groups in total. The minimum Gasteiger partial charge on any atom is -0.326 e. The number of halogens is 1. The Balaban J connectivity index is 0.000000816. The number of carbonyl (C=O) groups is 3. The van der Waals surface area contributed by atoms with Crippen LogP contribution in [0, 0.1) is 5.82 Å². The number of nitrogens with one attached hydrogen (secondary N) is 1. The molecule has 0 saturated heterocycles. The van der Waals surface area contributed by atoms with Crippen molar-refractivity contribution in [1.82, 2.24) is 10.2 Å². The van der Waals surface area contributed by atoms with Crippen molar-refractivity contribution >= 4 is 18.5 Å². The predicted molar refractivity (Wildman–Crippen MR) is 84.3 cm³/mol. The zero-order chi connectivity index (χ0) is 17.4. The summed E-state index contributed by atoms with van der Waals surface area (Å²) in [5, 5.41) is 2.75. The van der Waals surface area contributed by atoms with Crippen molar-refractivity contribution in [1.29, 1.82) is 0 Å². The molecule has 23 heavy (non-hydrogen) atoms. The normalized spacial score (nSPS) is 13.9. The molecule has 0 spiro atoms. The quantitative estimate of drug-likeness (QED) is 0.749. The maximum Gasteiger partial charge on any atom is 0.258 e. The Bertz CT molecular complexity index is 578. The maximum atomic E-state index is 14.1. The van der Waals surface area contributed by atoms with Crippen LogP contribution in [-0.2, 0) is 22.7 Å². The Morgan fingerprint density at radius 3 is 2.57 bits per heavy atom. The van der Waals surface area contributed by atoms with E-state index < -0.39 is 17.8 Å². The molecule has 6 nitrogen and oxygen atoms in total. The van der Waals surface area contributed by atoms with Gasteiger partial charge in [0.15, 0.2) is 0 Å². The maximum absolute atomic E-state index is 14.1. The van der Waals surface area contributed by atoms with E-state index in [1.165, 1.54) is 4.90 Å². The molecule has 0 radical (unpaired) electrons.